The fourth-order valence-corrected chi connectivity index (χ4v) is 2.58. The van der Waals surface area contributed by atoms with Crippen molar-refractivity contribution in [1.82, 2.24) is 10.2 Å². The molecule has 8 heteroatoms. The second-order valence-corrected chi connectivity index (χ2v) is 5.77. The molecule has 0 spiro atoms. The third-order valence-corrected chi connectivity index (χ3v) is 3.77. The molecule has 2 rings (SSSR count). The summed E-state index contributed by atoms with van der Waals surface area (Å²) < 4.78 is 38.8. The lowest BCUT2D eigenvalue weighted by molar-refractivity contribution is -0.138. The van der Waals surface area contributed by atoms with Crippen molar-refractivity contribution >= 4 is 5.97 Å². The first-order valence-corrected chi connectivity index (χ1v) is 7.90. The number of halogens is 3. The molecule has 1 aliphatic rings. The van der Waals surface area contributed by atoms with Crippen molar-refractivity contribution in [3.63, 3.8) is 0 Å². The molecule has 1 aliphatic heterocycles. The van der Waals surface area contributed by atoms with Gasteiger partial charge < -0.3 is 16.2 Å². The monoisotopic (exact) mass is 359 g/mol. The minimum Gasteiger partial charge on any atom is -0.478 e. The van der Waals surface area contributed by atoms with Crippen LogP contribution in [0.3, 0.4) is 0 Å². The van der Waals surface area contributed by atoms with Gasteiger partial charge in [-0.1, -0.05) is 18.2 Å². The zero-order valence-electron chi connectivity index (χ0n) is 14.3. The molecule has 25 heavy (non-hydrogen) atoms. The molecule has 0 radical (unpaired) electrons. The van der Waals surface area contributed by atoms with E-state index in [2.05, 4.69) is 10.2 Å². The van der Waals surface area contributed by atoms with Gasteiger partial charge >= 0.3 is 12.1 Å². The molecule has 5 nitrogen and oxygen atoms in total. The van der Waals surface area contributed by atoms with Crippen LogP contribution in [0, 0.1) is 0 Å². The Morgan fingerprint density at radius 2 is 1.88 bits per heavy atom. The molecule has 4 N–H and O–H groups in total. The van der Waals surface area contributed by atoms with Gasteiger partial charge in [0.25, 0.3) is 0 Å². The van der Waals surface area contributed by atoms with E-state index < -0.39 is 17.7 Å². The summed E-state index contributed by atoms with van der Waals surface area (Å²) >= 11 is 0. The topological polar surface area (TPSA) is 78.6 Å². The number of nitrogens with two attached hydrogens (primary N) is 1. The van der Waals surface area contributed by atoms with Crippen molar-refractivity contribution in [2.75, 3.05) is 26.2 Å². The molecule has 1 saturated heterocycles. The summed E-state index contributed by atoms with van der Waals surface area (Å²) in [5.41, 5.74) is 5.14. The van der Waals surface area contributed by atoms with Gasteiger partial charge in [-0.05, 0) is 25.5 Å². The molecule has 1 heterocycles. The van der Waals surface area contributed by atoms with Crippen molar-refractivity contribution in [1.29, 1.82) is 0 Å². The Kier molecular flexibility index (Phi) is 7.92. The molecular weight excluding hydrogens is 335 g/mol. The van der Waals surface area contributed by atoms with Gasteiger partial charge in [0.05, 0.1) is 5.56 Å². The number of alkyl halides is 3. The number of carboxylic acid groups (broad SMARTS) is 1. The highest BCUT2D eigenvalue weighted by Gasteiger charge is 2.35. The Morgan fingerprint density at radius 1 is 1.32 bits per heavy atom. The smallest absolute Gasteiger partial charge is 0.416 e. The normalized spacial score (nSPS) is 17.4. The maximum Gasteiger partial charge on any atom is 0.416 e. The standard InChI is InChI=1S/C13H17F3N2.C4H7NO2/c1-10(18-8-6-17-7-9-18)11-4-2-3-5-12(11)13(14,15)16;1-3(5)2-4(6)7/h2-5,10,17H,6-9H2,1H3;2H,5H2,1H3,(H,6,7). The molecule has 1 unspecified atom stereocenters. The number of nitrogens with one attached hydrogen (secondary N) is 1. The van der Waals surface area contributed by atoms with Gasteiger partial charge in [0.1, 0.15) is 0 Å². The number of benzene rings is 1. The molecule has 1 aromatic carbocycles. The van der Waals surface area contributed by atoms with Crippen molar-refractivity contribution in [3.8, 4) is 0 Å². The lowest BCUT2D eigenvalue weighted by Gasteiger charge is -2.34. The van der Waals surface area contributed by atoms with Gasteiger partial charge in [-0.15, -0.1) is 0 Å². The van der Waals surface area contributed by atoms with Crippen LogP contribution in [0.15, 0.2) is 36.0 Å². The summed E-state index contributed by atoms with van der Waals surface area (Å²) in [5, 5.41) is 11.1. The van der Waals surface area contributed by atoms with Crippen LogP contribution in [0.5, 0.6) is 0 Å². The van der Waals surface area contributed by atoms with E-state index in [-0.39, 0.29) is 6.04 Å². The van der Waals surface area contributed by atoms with Gasteiger partial charge in [0, 0.05) is 44.0 Å². The average Bonchev–Trinajstić information content (AvgIpc) is 2.53. The van der Waals surface area contributed by atoms with E-state index in [0.29, 0.717) is 11.3 Å². The second kappa shape index (κ2) is 9.43. The third kappa shape index (κ3) is 7.15. The Labute approximate surface area is 145 Å². The van der Waals surface area contributed by atoms with Gasteiger partial charge in [0.2, 0.25) is 0 Å². The van der Waals surface area contributed by atoms with Crippen LogP contribution in [0.1, 0.15) is 31.0 Å². The SMILES string of the molecule is CC(N)=CC(=O)O.CC(c1ccccc1C(F)(F)F)N1CCNCC1. The third-order valence-electron chi connectivity index (χ3n) is 3.77. The number of aliphatic carboxylic acids is 1. The van der Waals surface area contributed by atoms with E-state index in [1.165, 1.54) is 13.0 Å². The maximum absolute atomic E-state index is 12.9. The van der Waals surface area contributed by atoms with Crippen LogP contribution in [0.2, 0.25) is 0 Å². The van der Waals surface area contributed by atoms with Gasteiger partial charge in [-0.25, -0.2) is 4.79 Å². The highest BCUT2D eigenvalue weighted by molar-refractivity contribution is 5.80. The first-order valence-electron chi connectivity index (χ1n) is 7.90. The van der Waals surface area contributed by atoms with Crippen molar-refractivity contribution < 1.29 is 23.1 Å². The summed E-state index contributed by atoms with van der Waals surface area (Å²) in [6.07, 6.45) is -3.33. The second-order valence-electron chi connectivity index (χ2n) is 5.77. The molecule has 0 aliphatic carbocycles. The fraction of sp³-hybridized carbons (Fsp3) is 0.471. The molecule has 1 fully saturated rings. The molecule has 140 valence electrons. The quantitative estimate of drug-likeness (QED) is 0.723. The summed E-state index contributed by atoms with van der Waals surface area (Å²) in [7, 11) is 0. The molecule has 0 amide bonds. The molecule has 0 saturated carbocycles. The van der Waals surface area contributed by atoms with E-state index in [4.69, 9.17) is 10.8 Å². The number of hydrogen-bond donors (Lipinski definition) is 3. The Hall–Kier alpha value is -2.06. The minimum absolute atomic E-state index is 0.204. The van der Waals surface area contributed by atoms with Crippen LogP contribution in [-0.4, -0.2) is 42.2 Å². The van der Waals surface area contributed by atoms with Crippen LogP contribution in [0.4, 0.5) is 13.2 Å². The lowest BCUT2D eigenvalue weighted by Crippen LogP contribution is -2.44. The zero-order valence-corrected chi connectivity index (χ0v) is 14.3. The van der Waals surface area contributed by atoms with Crippen molar-refractivity contribution in [2.24, 2.45) is 5.73 Å². The zero-order chi connectivity index (χ0) is 19.0. The van der Waals surface area contributed by atoms with Crippen molar-refractivity contribution in [3.05, 3.63) is 47.2 Å². The highest BCUT2D eigenvalue weighted by atomic mass is 19.4. The number of piperazine rings is 1. The molecule has 1 aromatic rings. The van der Waals surface area contributed by atoms with E-state index in [1.54, 1.807) is 12.1 Å². The average molecular weight is 359 g/mol. The predicted molar refractivity (Wildman–Crippen MR) is 89.9 cm³/mol. The summed E-state index contributed by atoms with van der Waals surface area (Å²) in [6, 6.07) is 5.65. The lowest BCUT2D eigenvalue weighted by atomic mass is 9.99. The number of nitrogens with zero attached hydrogens (tertiary/aromatic N) is 1. The summed E-state index contributed by atoms with van der Waals surface area (Å²) in [5.74, 6) is -1.000. The minimum atomic E-state index is -4.28. The highest BCUT2D eigenvalue weighted by Crippen LogP contribution is 2.36. The number of carbonyl (C=O) groups is 1. The van der Waals surface area contributed by atoms with E-state index in [9.17, 15) is 18.0 Å². The molecular formula is C17H24F3N3O2. The Balaban J connectivity index is 0.000000381. The van der Waals surface area contributed by atoms with Gasteiger partial charge in [-0.2, -0.15) is 13.2 Å². The maximum atomic E-state index is 12.9. The fourth-order valence-electron chi connectivity index (χ4n) is 2.58. The molecule has 0 bridgehead atoms. The van der Waals surface area contributed by atoms with Crippen LogP contribution >= 0.6 is 0 Å². The number of rotatable bonds is 3. The van der Waals surface area contributed by atoms with Crippen LogP contribution in [-0.2, 0) is 11.0 Å². The summed E-state index contributed by atoms with van der Waals surface area (Å²) in [6.45, 7) is 6.60. The molecule has 0 aromatic heterocycles. The van der Waals surface area contributed by atoms with Crippen molar-refractivity contribution in [2.45, 2.75) is 26.1 Å². The Bertz CT molecular complexity index is 593. The van der Waals surface area contributed by atoms with Gasteiger partial charge in [0.15, 0.2) is 0 Å². The van der Waals surface area contributed by atoms with Crippen LogP contribution < -0.4 is 11.1 Å². The van der Waals surface area contributed by atoms with E-state index in [1.807, 2.05) is 6.92 Å². The van der Waals surface area contributed by atoms with E-state index in [0.717, 1.165) is 38.3 Å². The predicted octanol–water partition coefficient (Wildman–Crippen LogP) is 2.61. The summed E-state index contributed by atoms with van der Waals surface area (Å²) in [4.78, 5) is 11.7. The molecule has 1 atom stereocenters. The van der Waals surface area contributed by atoms with Crippen LogP contribution in [0.25, 0.3) is 0 Å². The Morgan fingerprint density at radius 3 is 2.32 bits per heavy atom. The largest absolute Gasteiger partial charge is 0.478 e. The van der Waals surface area contributed by atoms with Gasteiger partial charge in [-0.3, -0.25) is 4.90 Å². The first kappa shape index (κ1) is 21.0. The number of hydrogen-bond acceptors (Lipinski definition) is 4. The number of allylic oxidation sites excluding steroid dienone is 1. The first-order chi connectivity index (χ1) is 11.6. The van der Waals surface area contributed by atoms with E-state index >= 15 is 0 Å². The number of carboxylic acids is 1.